The molecule has 4 nitrogen and oxygen atoms in total. The molecule has 1 rings (SSSR count). The molecule has 0 atom stereocenters. The fourth-order valence-corrected chi connectivity index (χ4v) is 1.67. The van der Waals surface area contributed by atoms with Crippen LogP contribution in [0.3, 0.4) is 0 Å². The molecule has 0 saturated carbocycles. The van der Waals surface area contributed by atoms with Gasteiger partial charge in [0.25, 0.3) is 0 Å². The Labute approximate surface area is 139 Å². The molecule has 0 aliphatic carbocycles. The average Bonchev–Trinajstić information content (AvgIpc) is 2.37. The Balaban J connectivity index is 0.00000361. The molecular formula is C15H26IN3O. The molecule has 0 amide bonds. The Kier molecular flexibility index (Phi) is 9.37. The van der Waals surface area contributed by atoms with Crippen LogP contribution in [-0.4, -0.2) is 19.1 Å². The van der Waals surface area contributed by atoms with Crippen LogP contribution in [0.1, 0.15) is 31.9 Å². The summed E-state index contributed by atoms with van der Waals surface area (Å²) in [5, 5.41) is 3.10. The van der Waals surface area contributed by atoms with Crippen molar-refractivity contribution in [2.24, 2.45) is 16.6 Å². The van der Waals surface area contributed by atoms with Gasteiger partial charge in [-0.15, -0.1) is 24.0 Å². The van der Waals surface area contributed by atoms with Gasteiger partial charge in [-0.2, -0.15) is 0 Å². The van der Waals surface area contributed by atoms with Gasteiger partial charge < -0.3 is 15.8 Å². The van der Waals surface area contributed by atoms with Crippen molar-refractivity contribution >= 4 is 29.9 Å². The van der Waals surface area contributed by atoms with E-state index in [0.29, 0.717) is 25.0 Å². The minimum absolute atomic E-state index is 0. The van der Waals surface area contributed by atoms with E-state index in [1.807, 2.05) is 26.0 Å². The van der Waals surface area contributed by atoms with Gasteiger partial charge in [-0.05, 0) is 37.0 Å². The first-order chi connectivity index (χ1) is 9.02. The fraction of sp³-hybridized carbons (Fsp3) is 0.533. The second-order valence-corrected chi connectivity index (χ2v) is 5.01. The molecule has 0 radical (unpaired) electrons. The summed E-state index contributed by atoms with van der Waals surface area (Å²) in [4.78, 5) is 4.33. The zero-order valence-corrected chi connectivity index (χ0v) is 15.1. The predicted octanol–water partition coefficient (Wildman–Crippen LogP) is 3.07. The molecular weight excluding hydrogens is 365 g/mol. The molecule has 0 aliphatic rings. The van der Waals surface area contributed by atoms with E-state index in [4.69, 9.17) is 10.5 Å². The third kappa shape index (κ3) is 6.98. The summed E-state index contributed by atoms with van der Waals surface area (Å²) in [6.45, 7) is 10.4. The second-order valence-electron chi connectivity index (χ2n) is 5.01. The van der Waals surface area contributed by atoms with Crippen molar-refractivity contribution in [2.75, 3.05) is 13.2 Å². The molecule has 0 unspecified atom stereocenters. The van der Waals surface area contributed by atoms with Crippen LogP contribution in [-0.2, 0) is 6.54 Å². The summed E-state index contributed by atoms with van der Waals surface area (Å²) in [5.41, 5.74) is 8.06. The van der Waals surface area contributed by atoms with Crippen LogP contribution >= 0.6 is 24.0 Å². The van der Waals surface area contributed by atoms with Crippen LogP contribution in [0.4, 0.5) is 0 Å². The Hall–Kier alpha value is -0.980. The van der Waals surface area contributed by atoms with Gasteiger partial charge in [0, 0.05) is 6.54 Å². The normalized spacial score (nSPS) is 11.2. The topological polar surface area (TPSA) is 59.6 Å². The zero-order chi connectivity index (χ0) is 14.3. The van der Waals surface area contributed by atoms with E-state index in [9.17, 15) is 0 Å². The van der Waals surface area contributed by atoms with Gasteiger partial charge in [0.2, 0.25) is 0 Å². The molecule has 1 aromatic carbocycles. The van der Waals surface area contributed by atoms with Crippen LogP contribution < -0.4 is 15.8 Å². The van der Waals surface area contributed by atoms with Crippen LogP contribution in [0.25, 0.3) is 0 Å². The number of aliphatic imine (C=N–C) groups is 1. The maximum absolute atomic E-state index is 5.80. The number of ether oxygens (including phenoxy) is 1. The van der Waals surface area contributed by atoms with Crippen molar-refractivity contribution in [1.82, 2.24) is 5.32 Å². The average molecular weight is 391 g/mol. The summed E-state index contributed by atoms with van der Waals surface area (Å²) in [5.74, 6) is 1.99. The van der Waals surface area contributed by atoms with Crippen LogP contribution in [0.5, 0.6) is 5.75 Å². The minimum Gasteiger partial charge on any atom is -0.494 e. The molecule has 0 saturated heterocycles. The summed E-state index contributed by atoms with van der Waals surface area (Å²) in [6.07, 6.45) is 0. The third-order valence-corrected chi connectivity index (χ3v) is 2.66. The lowest BCUT2D eigenvalue weighted by atomic mass is 10.1. The molecule has 0 heterocycles. The lowest BCUT2D eigenvalue weighted by Crippen LogP contribution is -2.34. The Morgan fingerprint density at radius 1 is 1.40 bits per heavy atom. The third-order valence-electron chi connectivity index (χ3n) is 2.66. The predicted molar refractivity (Wildman–Crippen MR) is 95.9 cm³/mol. The quantitative estimate of drug-likeness (QED) is 0.445. The number of nitrogens with zero attached hydrogens (tertiary/aromatic N) is 1. The number of hydrogen-bond acceptors (Lipinski definition) is 2. The first-order valence-corrected chi connectivity index (χ1v) is 6.79. The molecule has 5 heteroatoms. The molecule has 0 spiro atoms. The molecule has 0 aliphatic heterocycles. The van der Waals surface area contributed by atoms with Gasteiger partial charge in [-0.25, -0.2) is 4.99 Å². The number of nitrogens with one attached hydrogen (secondary N) is 1. The number of rotatable bonds is 6. The molecule has 20 heavy (non-hydrogen) atoms. The van der Waals surface area contributed by atoms with Crippen LogP contribution in [0.15, 0.2) is 23.2 Å². The maximum atomic E-state index is 5.80. The van der Waals surface area contributed by atoms with Crippen molar-refractivity contribution in [3.63, 3.8) is 0 Å². The van der Waals surface area contributed by atoms with E-state index in [1.54, 1.807) is 0 Å². The van der Waals surface area contributed by atoms with Crippen molar-refractivity contribution in [3.8, 4) is 5.75 Å². The number of hydrogen-bond donors (Lipinski definition) is 2. The van der Waals surface area contributed by atoms with E-state index in [-0.39, 0.29) is 24.0 Å². The standard InChI is InChI=1S/C15H25N3O.HI/c1-5-19-14-7-6-13(8-12(14)4)10-18-15(16)17-9-11(2)3;/h6-8,11H,5,9-10H2,1-4H3,(H3,16,17,18);1H. The highest BCUT2D eigenvalue weighted by Gasteiger charge is 2.01. The van der Waals surface area contributed by atoms with Gasteiger partial charge >= 0.3 is 0 Å². The van der Waals surface area contributed by atoms with E-state index in [0.717, 1.165) is 23.4 Å². The first-order valence-electron chi connectivity index (χ1n) is 6.79. The summed E-state index contributed by atoms with van der Waals surface area (Å²) in [6, 6.07) is 6.10. The molecule has 114 valence electrons. The largest absolute Gasteiger partial charge is 0.494 e. The van der Waals surface area contributed by atoms with Gasteiger partial charge in [0.05, 0.1) is 13.2 Å². The molecule has 0 fully saturated rings. The lowest BCUT2D eigenvalue weighted by molar-refractivity contribution is 0.338. The first kappa shape index (κ1) is 19.0. The number of nitrogens with two attached hydrogens (primary N) is 1. The Morgan fingerprint density at radius 2 is 2.10 bits per heavy atom. The van der Waals surface area contributed by atoms with E-state index >= 15 is 0 Å². The molecule has 3 N–H and O–H groups in total. The smallest absolute Gasteiger partial charge is 0.188 e. The van der Waals surface area contributed by atoms with Crippen molar-refractivity contribution in [1.29, 1.82) is 0 Å². The number of halogens is 1. The summed E-state index contributed by atoms with van der Waals surface area (Å²) in [7, 11) is 0. The molecule has 0 aromatic heterocycles. The Bertz CT molecular complexity index is 433. The van der Waals surface area contributed by atoms with Crippen molar-refractivity contribution in [3.05, 3.63) is 29.3 Å². The SMILES string of the molecule is CCOc1ccc(CN=C(N)NCC(C)C)cc1C.I. The van der Waals surface area contributed by atoms with Gasteiger partial charge in [-0.1, -0.05) is 26.0 Å². The van der Waals surface area contributed by atoms with Gasteiger partial charge in [0.1, 0.15) is 5.75 Å². The number of aryl methyl sites for hydroxylation is 1. The molecule has 0 bridgehead atoms. The van der Waals surface area contributed by atoms with Crippen molar-refractivity contribution in [2.45, 2.75) is 34.2 Å². The summed E-state index contributed by atoms with van der Waals surface area (Å²) >= 11 is 0. The highest BCUT2D eigenvalue weighted by atomic mass is 127. The van der Waals surface area contributed by atoms with E-state index < -0.39 is 0 Å². The monoisotopic (exact) mass is 391 g/mol. The number of benzene rings is 1. The van der Waals surface area contributed by atoms with E-state index in [1.165, 1.54) is 0 Å². The number of guanidine groups is 1. The highest BCUT2D eigenvalue weighted by Crippen LogP contribution is 2.19. The van der Waals surface area contributed by atoms with Gasteiger partial charge in [-0.3, -0.25) is 0 Å². The van der Waals surface area contributed by atoms with Gasteiger partial charge in [0.15, 0.2) is 5.96 Å². The van der Waals surface area contributed by atoms with Crippen LogP contribution in [0.2, 0.25) is 0 Å². The highest BCUT2D eigenvalue weighted by molar-refractivity contribution is 14.0. The zero-order valence-electron chi connectivity index (χ0n) is 12.8. The fourth-order valence-electron chi connectivity index (χ4n) is 1.67. The van der Waals surface area contributed by atoms with E-state index in [2.05, 4.69) is 30.2 Å². The molecule has 1 aromatic rings. The summed E-state index contributed by atoms with van der Waals surface area (Å²) < 4.78 is 5.51. The second kappa shape index (κ2) is 9.85. The minimum atomic E-state index is 0. The maximum Gasteiger partial charge on any atom is 0.188 e. The lowest BCUT2D eigenvalue weighted by Gasteiger charge is -2.09. The van der Waals surface area contributed by atoms with Crippen LogP contribution in [0, 0.1) is 12.8 Å². The van der Waals surface area contributed by atoms with Crippen molar-refractivity contribution < 1.29 is 4.74 Å². The Morgan fingerprint density at radius 3 is 2.65 bits per heavy atom.